The van der Waals surface area contributed by atoms with Gasteiger partial charge < -0.3 is 24.5 Å². The van der Waals surface area contributed by atoms with Crippen molar-refractivity contribution in [2.75, 3.05) is 31.1 Å². The molecule has 0 aromatic heterocycles. The third-order valence-corrected chi connectivity index (χ3v) is 10.3. The number of rotatable bonds is 16. The number of halogens is 1. The number of likely N-dealkylation sites (tertiary alicyclic amines) is 1. The molecule has 8 nitrogen and oxygen atoms in total. The Morgan fingerprint density at radius 1 is 1.00 bits per heavy atom. The fourth-order valence-electron chi connectivity index (χ4n) is 7.97. The summed E-state index contributed by atoms with van der Waals surface area (Å²) in [6.07, 6.45) is 8.03. The minimum atomic E-state index is -1.13. The maximum absolute atomic E-state index is 14.8. The molecule has 2 aromatic carbocycles. The largest absolute Gasteiger partial charge is 0.396 e. The summed E-state index contributed by atoms with van der Waals surface area (Å²) >= 11 is 6.18. The van der Waals surface area contributed by atoms with Gasteiger partial charge in [0.05, 0.1) is 17.4 Å². The monoisotopic (exact) mass is 647 g/mol. The van der Waals surface area contributed by atoms with E-state index >= 15 is 0 Å². The Hall–Kier alpha value is -3.46. The van der Waals surface area contributed by atoms with Gasteiger partial charge in [0.25, 0.3) is 5.91 Å². The molecule has 3 saturated heterocycles. The van der Waals surface area contributed by atoms with Crippen LogP contribution in [0.15, 0.2) is 79.9 Å². The zero-order valence-electron chi connectivity index (χ0n) is 26.8. The number of carbonyl (C=O) groups is 3. The standard InChI is InChI=1S/C37H46ClN3O5/c1-4-22-39(26-27-14-10-9-11-15-27)33(43)30-31-34(44)41(24-12-7-8-13-25-42)32(37(31)21-20-36(30,6-3)46-37)35(45)40(23-5-2)29-18-16-28(38)17-19-29/h4-5,9-11,14-19,30-32,42H,1-2,6-8,12-13,20-26H2,3H3/t30-,31-,32?,36+,37?/m0/s1. The van der Waals surface area contributed by atoms with Crippen molar-refractivity contribution < 1.29 is 24.2 Å². The van der Waals surface area contributed by atoms with E-state index in [4.69, 9.17) is 16.3 Å². The molecule has 2 bridgehead atoms. The van der Waals surface area contributed by atoms with Crippen LogP contribution in [0.5, 0.6) is 0 Å². The molecule has 2 unspecified atom stereocenters. The number of amides is 3. The van der Waals surface area contributed by atoms with Crippen LogP contribution >= 0.6 is 11.6 Å². The van der Waals surface area contributed by atoms with Gasteiger partial charge in [-0.1, -0.05) is 73.9 Å². The molecule has 46 heavy (non-hydrogen) atoms. The van der Waals surface area contributed by atoms with Gasteiger partial charge in [0.2, 0.25) is 11.8 Å². The molecule has 3 heterocycles. The number of benzene rings is 2. The van der Waals surface area contributed by atoms with Crippen LogP contribution in [0.1, 0.15) is 57.4 Å². The van der Waals surface area contributed by atoms with Crippen molar-refractivity contribution in [1.82, 2.24) is 9.80 Å². The minimum Gasteiger partial charge on any atom is -0.396 e. The molecular formula is C37H46ClN3O5. The first-order chi connectivity index (χ1) is 22.3. The van der Waals surface area contributed by atoms with Gasteiger partial charge in [0.15, 0.2) is 0 Å². The Morgan fingerprint density at radius 3 is 2.35 bits per heavy atom. The smallest absolute Gasteiger partial charge is 0.253 e. The topological polar surface area (TPSA) is 90.4 Å². The molecule has 3 fully saturated rings. The minimum absolute atomic E-state index is 0.119. The highest BCUT2D eigenvalue weighted by Crippen LogP contribution is 2.64. The van der Waals surface area contributed by atoms with Gasteiger partial charge in [0.1, 0.15) is 11.6 Å². The summed E-state index contributed by atoms with van der Waals surface area (Å²) in [5.74, 6) is -2.08. The van der Waals surface area contributed by atoms with Crippen molar-refractivity contribution in [3.63, 3.8) is 0 Å². The van der Waals surface area contributed by atoms with Gasteiger partial charge in [-0.25, -0.2) is 0 Å². The number of hydrogen-bond acceptors (Lipinski definition) is 5. The van der Waals surface area contributed by atoms with Gasteiger partial charge in [-0.15, -0.1) is 13.2 Å². The highest BCUT2D eigenvalue weighted by Gasteiger charge is 2.79. The van der Waals surface area contributed by atoms with Crippen LogP contribution in [0.2, 0.25) is 5.02 Å². The molecule has 3 aliphatic heterocycles. The highest BCUT2D eigenvalue weighted by molar-refractivity contribution is 6.30. The SMILES string of the molecule is C=CCN(Cc1ccccc1)C(=O)[C@@H]1[C@H]2C(=O)N(CCCCCCO)C(C(=O)N(CC=C)c3ccc(Cl)cc3)C23CC[C@@]1(CC)O3. The Morgan fingerprint density at radius 2 is 1.70 bits per heavy atom. The molecule has 0 aliphatic carbocycles. The van der Waals surface area contributed by atoms with Gasteiger partial charge in [-0.2, -0.15) is 0 Å². The van der Waals surface area contributed by atoms with E-state index in [1.54, 1.807) is 51.1 Å². The van der Waals surface area contributed by atoms with Crippen LogP contribution in [0, 0.1) is 11.8 Å². The summed E-state index contributed by atoms with van der Waals surface area (Å²) in [6.45, 7) is 11.3. The number of nitrogens with zero attached hydrogens (tertiary/aromatic N) is 3. The summed E-state index contributed by atoms with van der Waals surface area (Å²) in [5.41, 5.74) is -0.341. The second-order valence-electron chi connectivity index (χ2n) is 12.7. The van der Waals surface area contributed by atoms with Crippen molar-refractivity contribution in [2.24, 2.45) is 11.8 Å². The summed E-state index contributed by atoms with van der Waals surface area (Å²) < 4.78 is 7.03. The summed E-state index contributed by atoms with van der Waals surface area (Å²) in [5, 5.41) is 9.82. The van der Waals surface area contributed by atoms with Crippen LogP contribution in [-0.2, 0) is 25.7 Å². The summed E-state index contributed by atoms with van der Waals surface area (Å²) in [4.78, 5) is 49.3. The highest BCUT2D eigenvalue weighted by atomic mass is 35.5. The molecule has 1 spiro atoms. The van der Waals surface area contributed by atoms with E-state index in [9.17, 15) is 19.5 Å². The molecule has 246 valence electrons. The quantitative estimate of drug-likeness (QED) is 0.184. The number of anilines is 1. The van der Waals surface area contributed by atoms with Crippen molar-refractivity contribution in [1.29, 1.82) is 0 Å². The predicted molar refractivity (Wildman–Crippen MR) is 180 cm³/mol. The van der Waals surface area contributed by atoms with E-state index < -0.39 is 29.1 Å². The maximum atomic E-state index is 14.8. The first-order valence-electron chi connectivity index (χ1n) is 16.5. The molecule has 5 atom stereocenters. The third kappa shape index (κ3) is 6.15. The second kappa shape index (κ2) is 14.5. The lowest BCUT2D eigenvalue weighted by Gasteiger charge is -2.37. The fraction of sp³-hybridized carbons (Fsp3) is 0.486. The van der Waals surface area contributed by atoms with Crippen molar-refractivity contribution >= 4 is 35.0 Å². The molecule has 0 saturated carbocycles. The van der Waals surface area contributed by atoms with Crippen LogP contribution in [0.25, 0.3) is 0 Å². The van der Waals surface area contributed by atoms with E-state index in [2.05, 4.69) is 13.2 Å². The maximum Gasteiger partial charge on any atom is 0.253 e. The molecule has 5 rings (SSSR count). The van der Waals surface area contributed by atoms with Crippen LogP contribution in [0.3, 0.4) is 0 Å². The van der Waals surface area contributed by atoms with Crippen LogP contribution < -0.4 is 4.90 Å². The van der Waals surface area contributed by atoms with E-state index in [-0.39, 0.29) is 30.9 Å². The first-order valence-corrected chi connectivity index (χ1v) is 16.9. The van der Waals surface area contributed by atoms with Crippen molar-refractivity contribution in [2.45, 2.75) is 75.7 Å². The molecule has 9 heteroatoms. The van der Waals surface area contributed by atoms with E-state index in [0.29, 0.717) is 62.4 Å². The van der Waals surface area contributed by atoms with Crippen molar-refractivity contribution in [3.8, 4) is 0 Å². The van der Waals surface area contributed by atoms with Crippen LogP contribution in [-0.4, -0.2) is 76.1 Å². The molecular weight excluding hydrogens is 602 g/mol. The third-order valence-electron chi connectivity index (χ3n) is 10.1. The molecule has 1 N–H and O–H groups in total. The number of aliphatic hydroxyl groups is 1. The Balaban J connectivity index is 1.55. The lowest BCUT2D eigenvalue weighted by Crippen LogP contribution is -2.56. The normalized spacial score (nSPS) is 26.2. The van der Waals surface area contributed by atoms with Gasteiger partial charge in [-0.3, -0.25) is 14.4 Å². The number of fused-ring (bicyclic) bond motifs is 1. The lowest BCUT2D eigenvalue weighted by molar-refractivity contribution is -0.151. The predicted octanol–water partition coefficient (Wildman–Crippen LogP) is 5.78. The summed E-state index contributed by atoms with van der Waals surface area (Å²) in [7, 11) is 0. The number of ether oxygens (including phenoxy) is 1. The van der Waals surface area contributed by atoms with E-state index in [0.717, 1.165) is 18.4 Å². The Bertz CT molecular complexity index is 1420. The van der Waals surface area contributed by atoms with Gasteiger partial charge >= 0.3 is 0 Å². The average molecular weight is 648 g/mol. The van der Waals surface area contributed by atoms with Gasteiger partial charge in [-0.05, 0) is 61.9 Å². The number of carbonyl (C=O) groups excluding carboxylic acids is 3. The first kappa shape index (κ1) is 33.9. The van der Waals surface area contributed by atoms with Crippen LogP contribution in [0.4, 0.5) is 5.69 Å². The van der Waals surface area contributed by atoms with Gasteiger partial charge in [0, 0.05) is 43.5 Å². The number of hydrogen-bond donors (Lipinski definition) is 1. The molecule has 3 amide bonds. The zero-order valence-corrected chi connectivity index (χ0v) is 27.5. The average Bonchev–Trinajstić information content (AvgIpc) is 3.67. The molecule has 0 radical (unpaired) electrons. The number of aliphatic hydroxyl groups excluding tert-OH is 1. The molecule has 3 aliphatic rings. The van der Waals surface area contributed by atoms with E-state index in [1.165, 1.54) is 0 Å². The number of unbranched alkanes of at least 4 members (excludes halogenated alkanes) is 3. The second-order valence-corrected chi connectivity index (χ2v) is 13.1. The lowest BCUT2D eigenvalue weighted by atomic mass is 9.64. The zero-order chi connectivity index (χ0) is 32.9. The van der Waals surface area contributed by atoms with Crippen molar-refractivity contribution in [3.05, 3.63) is 90.5 Å². The van der Waals surface area contributed by atoms with E-state index in [1.807, 2.05) is 37.3 Å². The Kier molecular flexibility index (Phi) is 10.7. The summed E-state index contributed by atoms with van der Waals surface area (Å²) in [6, 6.07) is 15.9. The molecule has 2 aromatic rings. The fourth-order valence-corrected chi connectivity index (χ4v) is 8.10. The Labute approximate surface area is 277 Å².